The third-order valence-electron chi connectivity index (χ3n) is 4.31. The molecule has 0 heterocycles. The van der Waals surface area contributed by atoms with Crippen molar-refractivity contribution in [1.82, 2.24) is 0 Å². The van der Waals surface area contributed by atoms with Gasteiger partial charge in [-0.3, -0.25) is 4.79 Å². The highest BCUT2D eigenvalue weighted by Crippen LogP contribution is 2.43. The van der Waals surface area contributed by atoms with Crippen LogP contribution in [0.2, 0.25) is 0 Å². The maximum Gasteiger partial charge on any atom is 0.307 e. The molecule has 1 aromatic rings. The molecule has 0 bridgehead atoms. The van der Waals surface area contributed by atoms with Gasteiger partial charge in [-0.2, -0.15) is 0 Å². The summed E-state index contributed by atoms with van der Waals surface area (Å²) in [5, 5.41) is 19.3. The Balaban J connectivity index is 2.30. The topological polar surface area (TPSA) is 66.8 Å². The van der Waals surface area contributed by atoms with Crippen LogP contribution in [-0.4, -0.2) is 35.0 Å². The van der Waals surface area contributed by atoms with Gasteiger partial charge in [0.2, 0.25) is 0 Å². The molecule has 22 heavy (non-hydrogen) atoms. The summed E-state index contributed by atoms with van der Waals surface area (Å²) >= 11 is 3.40. The molecule has 4 atom stereocenters. The fraction of sp³-hybridized carbons (Fsp3) is 0.588. The summed E-state index contributed by atoms with van der Waals surface area (Å²) in [6.45, 7) is 3.83. The van der Waals surface area contributed by atoms with E-state index in [1.54, 1.807) is 0 Å². The number of carbonyl (C=O) groups is 1. The molecular weight excluding hydrogens is 348 g/mol. The summed E-state index contributed by atoms with van der Waals surface area (Å²) in [6.07, 6.45) is 1.35. The van der Waals surface area contributed by atoms with Crippen LogP contribution in [0.3, 0.4) is 0 Å². The van der Waals surface area contributed by atoms with Crippen LogP contribution >= 0.6 is 15.9 Å². The average Bonchev–Trinajstić information content (AvgIpc) is 2.46. The van der Waals surface area contributed by atoms with E-state index in [1.807, 2.05) is 38.1 Å². The Hall–Kier alpha value is -0.910. The highest BCUT2D eigenvalue weighted by molar-refractivity contribution is 9.10. The summed E-state index contributed by atoms with van der Waals surface area (Å²) in [4.78, 5) is 11.7. The standard InChI is InChI=1S/C17H23BrO4/c1-10(2)22-14-7-12(9-19)16(17(20)21)15(8-14)11-3-5-13(18)6-4-11/h3-6,10,12,14-16,19H,7-9H2,1-2H3,(H,20,21)/t12-,14-,15+,16-/m0/s1. The van der Waals surface area contributed by atoms with Crippen molar-refractivity contribution in [2.75, 3.05) is 6.61 Å². The molecule has 122 valence electrons. The minimum Gasteiger partial charge on any atom is -0.481 e. The number of halogens is 1. The van der Waals surface area contributed by atoms with Crippen molar-refractivity contribution in [3.8, 4) is 0 Å². The predicted octanol–water partition coefficient (Wildman–Crippen LogP) is 3.43. The lowest BCUT2D eigenvalue weighted by Gasteiger charge is -2.40. The predicted molar refractivity (Wildman–Crippen MR) is 87.8 cm³/mol. The molecule has 0 saturated heterocycles. The van der Waals surface area contributed by atoms with Crippen LogP contribution < -0.4 is 0 Å². The lowest BCUT2D eigenvalue weighted by Crippen LogP contribution is -2.41. The number of ether oxygens (including phenoxy) is 1. The highest BCUT2D eigenvalue weighted by atomic mass is 79.9. The summed E-state index contributed by atoms with van der Waals surface area (Å²) in [6, 6.07) is 7.76. The number of aliphatic hydroxyl groups is 1. The molecule has 1 aliphatic carbocycles. The quantitative estimate of drug-likeness (QED) is 0.832. The summed E-state index contributed by atoms with van der Waals surface area (Å²) in [5.74, 6) is -1.82. The average molecular weight is 371 g/mol. The van der Waals surface area contributed by atoms with Crippen LogP contribution in [0.5, 0.6) is 0 Å². The van der Waals surface area contributed by atoms with E-state index >= 15 is 0 Å². The normalized spacial score (nSPS) is 28.8. The van der Waals surface area contributed by atoms with Gasteiger partial charge >= 0.3 is 5.97 Å². The maximum absolute atomic E-state index is 11.7. The van der Waals surface area contributed by atoms with E-state index in [4.69, 9.17) is 4.74 Å². The van der Waals surface area contributed by atoms with Crippen LogP contribution in [0.15, 0.2) is 28.7 Å². The van der Waals surface area contributed by atoms with Crippen LogP contribution in [0, 0.1) is 11.8 Å². The summed E-state index contributed by atoms with van der Waals surface area (Å²) in [7, 11) is 0. The van der Waals surface area contributed by atoms with Crippen molar-refractivity contribution in [2.45, 2.75) is 44.8 Å². The minimum absolute atomic E-state index is 0.0126. The van der Waals surface area contributed by atoms with E-state index in [9.17, 15) is 15.0 Å². The number of carboxylic acids is 1. The van der Waals surface area contributed by atoms with Gasteiger partial charge in [0.25, 0.3) is 0 Å². The zero-order valence-electron chi connectivity index (χ0n) is 12.9. The fourth-order valence-corrected chi connectivity index (χ4v) is 3.71. The second-order valence-electron chi connectivity index (χ2n) is 6.24. The molecular formula is C17H23BrO4. The van der Waals surface area contributed by atoms with Crippen LogP contribution in [-0.2, 0) is 9.53 Å². The van der Waals surface area contributed by atoms with Crippen molar-refractivity contribution in [1.29, 1.82) is 0 Å². The zero-order valence-corrected chi connectivity index (χ0v) is 14.5. The van der Waals surface area contributed by atoms with E-state index in [0.29, 0.717) is 12.8 Å². The molecule has 5 heteroatoms. The second kappa shape index (κ2) is 7.57. The first kappa shape index (κ1) is 17.4. The van der Waals surface area contributed by atoms with Gasteiger partial charge in [-0.1, -0.05) is 28.1 Å². The zero-order chi connectivity index (χ0) is 16.3. The summed E-state index contributed by atoms with van der Waals surface area (Å²) < 4.78 is 6.88. The van der Waals surface area contributed by atoms with E-state index < -0.39 is 11.9 Å². The van der Waals surface area contributed by atoms with E-state index in [2.05, 4.69) is 15.9 Å². The van der Waals surface area contributed by atoms with E-state index in [1.165, 1.54) is 0 Å². The largest absolute Gasteiger partial charge is 0.481 e. The van der Waals surface area contributed by atoms with Crippen molar-refractivity contribution in [2.24, 2.45) is 11.8 Å². The number of hydrogen-bond acceptors (Lipinski definition) is 3. The van der Waals surface area contributed by atoms with Gasteiger partial charge in [-0.25, -0.2) is 0 Å². The fourth-order valence-electron chi connectivity index (χ4n) is 3.45. The summed E-state index contributed by atoms with van der Waals surface area (Å²) in [5.41, 5.74) is 0.992. The van der Waals surface area contributed by atoms with Gasteiger partial charge in [0, 0.05) is 11.1 Å². The van der Waals surface area contributed by atoms with Crippen molar-refractivity contribution in [3.05, 3.63) is 34.3 Å². The molecule has 1 fully saturated rings. The lowest BCUT2D eigenvalue weighted by molar-refractivity contribution is -0.149. The highest BCUT2D eigenvalue weighted by Gasteiger charge is 2.43. The van der Waals surface area contributed by atoms with Crippen molar-refractivity contribution < 1.29 is 19.7 Å². The Bertz CT molecular complexity index is 500. The first-order chi connectivity index (χ1) is 10.4. The number of hydrogen-bond donors (Lipinski definition) is 2. The molecule has 4 nitrogen and oxygen atoms in total. The molecule has 0 radical (unpaired) electrons. The third kappa shape index (κ3) is 4.09. The third-order valence-corrected chi connectivity index (χ3v) is 4.83. The second-order valence-corrected chi connectivity index (χ2v) is 7.16. The smallest absolute Gasteiger partial charge is 0.307 e. The van der Waals surface area contributed by atoms with Crippen LogP contribution in [0.4, 0.5) is 0 Å². The van der Waals surface area contributed by atoms with Gasteiger partial charge in [0.15, 0.2) is 0 Å². The molecule has 0 amide bonds. The number of carboxylic acid groups (broad SMARTS) is 1. The minimum atomic E-state index is -0.838. The Morgan fingerprint density at radius 1 is 1.32 bits per heavy atom. The monoisotopic (exact) mass is 370 g/mol. The Kier molecular flexibility index (Phi) is 6.01. The molecule has 1 aliphatic rings. The van der Waals surface area contributed by atoms with Crippen molar-refractivity contribution >= 4 is 21.9 Å². The van der Waals surface area contributed by atoms with Gasteiger partial charge < -0.3 is 14.9 Å². The lowest BCUT2D eigenvalue weighted by atomic mass is 9.68. The molecule has 0 aliphatic heterocycles. The first-order valence-electron chi connectivity index (χ1n) is 7.67. The van der Waals surface area contributed by atoms with E-state index in [-0.39, 0.29) is 30.7 Å². The molecule has 2 N–H and O–H groups in total. The van der Waals surface area contributed by atoms with Gasteiger partial charge in [0.1, 0.15) is 0 Å². The number of aliphatic hydroxyl groups excluding tert-OH is 1. The molecule has 1 aromatic carbocycles. The SMILES string of the molecule is CC(C)O[C@H]1C[C@@H](CO)[C@H](C(=O)O)[C@@H](c2ccc(Br)cc2)C1. The number of aliphatic carboxylic acids is 1. The van der Waals surface area contributed by atoms with Gasteiger partial charge in [-0.15, -0.1) is 0 Å². The molecule has 2 rings (SSSR count). The molecule has 0 spiro atoms. The number of benzene rings is 1. The molecule has 0 aromatic heterocycles. The number of rotatable bonds is 5. The maximum atomic E-state index is 11.7. The Morgan fingerprint density at radius 3 is 2.45 bits per heavy atom. The van der Waals surface area contributed by atoms with Crippen LogP contribution in [0.1, 0.15) is 38.2 Å². The molecule has 1 saturated carbocycles. The van der Waals surface area contributed by atoms with Gasteiger partial charge in [0.05, 0.1) is 18.1 Å². The van der Waals surface area contributed by atoms with Crippen LogP contribution in [0.25, 0.3) is 0 Å². The first-order valence-corrected chi connectivity index (χ1v) is 8.46. The Morgan fingerprint density at radius 2 is 1.95 bits per heavy atom. The van der Waals surface area contributed by atoms with Crippen molar-refractivity contribution in [3.63, 3.8) is 0 Å². The van der Waals surface area contributed by atoms with E-state index in [0.717, 1.165) is 10.0 Å². The molecule has 0 unspecified atom stereocenters. The Labute approximate surface area is 139 Å². The van der Waals surface area contributed by atoms with Gasteiger partial charge in [-0.05, 0) is 56.2 Å².